The minimum absolute atomic E-state index is 0.0588. The molecule has 112 valence electrons. The number of hydrogen-bond acceptors (Lipinski definition) is 3. The van der Waals surface area contributed by atoms with E-state index in [4.69, 9.17) is 4.74 Å². The third-order valence-corrected chi connectivity index (χ3v) is 3.92. The van der Waals surface area contributed by atoms with E-state index in [2.05, 4.69) is 30.1 Å². The number of aliphatic hydroxyl groups is 1. The minimum atomic E-state index is 0.0588. The van der Waals surface area contributed by atoms with Crippen LogP contribution in [0.4, 0.5) is 0 Å². The van der Waals surface area contributed by atoms with Crippen molar-refractivity contribution in [3.63, 3.8) is 0 Å². The van der Waals surface area contributed by atoms with Gasteiger partial charge in [0.2, 0.25) is 0 Å². The molecule has 0 aliphatic heterocycles. The van der Waals surface area contributed by atoms with Gasteiger partial charge in [0.25, 0.3) is 0 Å². The van der Waals surface area contributed by atoms with E-state index in [1.807, 2.05) is 26.1 Å². The van der Waals surface area contributed by atoms with Crippen molar-refractivity contribution >= 4 is 0 Å². The number of nitrogens with zero attached hydrogens (tertiary/aromatic N) is 1. The number of methoxy groups -OCH3 is 1. The molecule has 0 radical (unpaired) electrons. The first-order valence-corrected chi connectivity index (χ1v) is 7.23. The standard InChI is InChI=1S/C18H23NO2/c1-12-6-5-7-15(8-12)16(11-20)9-17-14(3)18(21-4)13(2)10-19-17/h5-8,10,16,20H,9,11H2,1-4H3. The van der Waals surface area contributed by atoms with Crippen LogP contribution in [0.3, 0.4) is 0 Å². The van der Waals surface area contributed by atoms with E-state index in [0.717, 1.165) is 28.1 Å². The second-order valence-corrected chi connectivity index (χ2v) is 5.54. The molecule has 0 amide bonds. The van der Waals surface area contributed by atoms with Gasteiger partial charge in [0.05, 0.1) is 13.7 Å². The van der Waals surface area contributed by atoms with Gasteiger partial charge < -0.3 is 9.84 Å². The Morgan fingerprint density at radius 2 is 2.00 bits per heavy atom. The lowest BCUT2D eigenvalue weighted by atomic mass is 9.92. The van der Waals surface area contributed by atoms with Crippen LogP contribution in [0.15, 0.2) is 30.5 Å². The smallest absolute Gasteiger partial charge is 0.128 e. The molecule has 1 heterocycles. The molecular formula is C18H23NO2. The van der Waals surface area contributed by atoms with E-state index in [-0.39, 0.29) is 12.5 Å². The summed E-state index contributed by atoms with van der Waals surface area (Å²) in [6.45, 7) is 6.20. The van der Waals surface area contributed by atoms with Gasteiger partial charge in [-0.05, 0) is 32.8 Å². The summed E-state index contributed by atoms with van der Waals surface area (Å²) < 4.78 is 5.45. The summed E-state index contributed by atoms with van der Waals surface area (Å²) >= 11 is 0. The highest BCUT2D eigenvalue weighted by molar-refractivity contribution is 5.42. The maximum atomic E-state index is 9.74. The predicted octanol–water partition coefficient (Wildman–Crippen LogP) is 3.33. The van der Waals surface area contributed by atoms with Gasteiger partial charge >= 0.3 is 0 Å². The Hall–Kier alpha value is -1.87. The molecule has 3 nitrogen and oxygen atoms in total. The number of rotatable bonds is 5. The Morgan fingerprint density at radius 3 is 2.62 bits per heavy atom. The molecule has 0 bridgehead atoms. The van der Waals surface area contributed by atoms with Gasteiger partial charge in [0, 0.05) is 28.9 Å². The minimum Gasteiger partial charge on any atom is -0.496 e. The van der Waals surface area contributed by atoms with Crippen molar-refractivity contribution in [1.29, 1.82) is 0 Å². The van der Waals surface area contributed by atoms with E-state index in [1.165, 1.54) is 5.56 Å². The first kappa shape index (κ1) is 15.5. The molecule has 0 fully saturated rings. The van der Waals surface area contributed by atoms with Gasteiger partial charge in [0.1, 0.15) is 5.75 Å². The normalized spacial score (nSPS) is 12.2. The average Bonchev–Trinajstić information content (AvgIpc) is 2.47. The van der Waals surface area contributed by atoms with E-state index in [0.29, 0.717) is 6.42 Å². The van der Waals surface area contributed by atoms with Crippen molar-refractivity contribution in [3.05, 3.63) is 58.4 Å². The fourth-order valence-corrected chi connectivity index (χ4v) is 2.72. The van der Waals surface area contributed by atoms with Crippen LogP contribution >= 0.6 is 0 Å². The zero-order valence-electron chi connectivity index (χ0n) is 13.2. The fourth-order valence-electron chi connectivity index (χ4n) is 2.72. The van der Waals surface area contributed by atoms with Gasteiger partial charge in [0.15, 0.2) is 0 Å². The Kier molecular flexibility index (Phi) is 4.97. The SMILES string of the molecule is COc1c(C)cnc(CC(CO)c2cccc(C)c2)c1C. The first-order valence-electron chi connectivity index (χ1n) is 7.23. The van der Waals surface area contributed by atoms with Crippen molar-refractivity contribution in [2.75, 3.05) is 13.7 Å². The van der Waals surface area contributed by atoms with Crippen molar-refractivity contribution in [2.24, 2.45) is 0 Å². The molecule has 1 aromatic carbocycles. The van der Waals surface area contributed by atoms with Crippen LogP contribution < -0.4 is 4.74 Å². The zero-order valence-corrected chi connectivity index (χ0v) is 13.2. The Labute approximate surface area is 126 Å². The Morgan fingerprint density at radius 1 is 1.24 bits per heavy atom. The summed E-state index contributed by atoms with van der Waals surface area (Å²) in [5.74, 6) is 0.949. The number of aryl methyl sites for hydroxylation is 2. The zero-order chi connectivity index (χ0) is 15.4. The van der Waals surface area contributed by atoms with Crippen LogP contribution in [0.1, 0.15) is 33.9 Å². The summed E-state index contributed by atoms with van der Waals surface area (Å²) in [4.78, 5) is 4.53. The fraction of sp³-hybridized carbons (Fsp3) is 0.389. The number of aromatic nitrogens is 1. The number of ether oxygens (including phenoxy) is 1. The van der Waals surface area contributed by atoms with Gasteiger partial charge in [-0.3, -0.25) is 4.98 Å². The van der Waals surface area contributed by atoms with Crippen LogP contribution in [-0.2, 0) is 6.42 Å². The van der Waals surface area contributed by atoms with Crippen molar-refractivity contribution in [1.82, 2.24) is 4.98 Å². The molecule has 3 heteroatoms. The highest BCUT2D eigenvalue weighted by Gasteiger charge is 2.16. The number of pyridine rings is 1. The van der Waals surface area contributed by atoms with Crippen LogP contribution in [0, 0.1) is 20.8 Å². The number of hydrogen-bond donors (Lipinski definition) is 1. The molecule has 1 atom stereocenters. The lowest BCUT2D eigenvalue weighted by Crippen LogP contribution is -2.11. The third-order valence-electron chi connectivity index (χ3n) is 3.92. The highest BCUT2D eigenvalue weighted by atomic mass is 16.5. The highest BCUT2D eigenvalue weighted by Crippen LogP contribution is 2.28. The van der Waals surface area contributed by atoms with Gasteiger partial charge in [-0.25, -0.2) is 0 Å². The summed E-state index contributed by atoms with van der Waals surface area (Å²) in [7, 11) is 1.68. The van der Waals surface area contributed by atoms with E-state index >= 15 is 0 Å². The molecule has 0 aliphatic carbocycles. The quantitative estimate of drug-likeness (QED) is 0.916. The molecule has 0 saturated heterocycles. The first-order chi connectivity index (χ1) is 10.1. The summed E-state index contributed by atoms with van der Waals surface area (Å²) in [6.07, 6.45) is 2.55. The monoisotopic (exact) mass is 285 g/mol. The molecule has 0 spiro atoms. The number of aliphatic hydroxyl groups excluding tert-OH is 1. The van der Waals surface area contributed by atoms with Crippen molar-refractivity contribution in [3.8, 4) is 5.75 Å². The van der Waals surface area contributed by atoms with Crippen LogP contribution in [0.2, 0.25) is 0 Å². The lowest BCUT2D eigenvalue weighted by Gasteiger charge is -2.18. The molecule has 0 saturated carbocycles. The summed E-state index contributed by atoms with van der Waals surface area (Å²) in [5, 5.41) is 9.74. The Balaban J connectivity index is 2.31. The van der Waals surface area contributed by atoms with Crippen molar-refractivity contribution < 1.29 is 9.84 Å². The molecule has 21 heavy (non-hydrogen) atoms. The van der Waals surface area contributed by atoms with Crippen LogP contribution in [0.5, 0.6) is 5.75 Å². The third kappa shape index (κ3) is 3.42. The second kappa shape index (κ2) is 6.72. The lowest BCUT2D eigenvalue weighted by molar-refractivity contribution is 0.263. The van der Waals surface area contributed by atoms with Crippen LogP contribution in [0.25, 0.3) is 0 Å². The van der Waals surface area contributed by atoms with Gasteiger partial charge in [-0.15, -0.1) is 0 Å². The molecule has 1 unspecified atom stereocenters. The van der Waals surface area contributed by atoms with Gasteiger partial charge in [-0.2, -0.15) is 0 Å². The van der Waals surface area contributed by atoms with Crippen molar-refractivity contribution in [2.45, 2.75) is 33.1 Å². The van der Waals surface area contributed by atoms with E-state index in [1.54, 1.807) is 7.11 Å². The summed E-state index contributed by atoms with van der Waals surface area (Å²) in [5.41, 5.74) is 5.44. The molecule has 1 aromatic heterocycles. The largest absolute Gasteiger partial charge is 0.496 e. The Bertz CT molecular complexity index is 623. The predicted molar refractivity (Wildman–Crippen MR) is 85.0 cm³/mol. The van der Waals surface area contributed by atoms with Gasteiger partial charge in [-0.1, -0.05) is 29.8 Å². The average molecular weight is 285 g/mol. The molecule has 2 aromatic rings. The maximum Gasteiger partial charge on any atom is 0.128 e. The molecule has 0 aliphatic rings. The van der Waals surface area contributed by atoms with E-state index < -0.39 is 0 Å². The second-order valence-electron chi connectivity index (χ2n) is 5.54. The topological polar surface area (TPSA) is 42.4 Å². The molecular weight excluding hydrogens is 262 g/mol. The molecule has 1 N–H and O–H groups in total. The maximum absolute atomic E-state index is 9.74. The summed E-state index contributed by atoms with van der Waals surface area (Å²) in [6, 6.07) is 8.29. The van der Waals surface area contributed by atoms with Crippen LogP contribution in [-0.4, -0.2) is 23.8 Å². The van der Waals surface area contributed by atoms with E-state index in [9.17, 15) is 5.11 Å². The molecule has 2 rings (SSSR count). The number of benzene rings is 1.